The molecule has 0 aliphatic carbocycles. The zero-order valence-electron chi connectivity index (χ0n) is 16.2. The first kappa shape index (κ1) is 20.0. The number of hydrogen-bond acceptors (Lipinski definition) is 7. The first-order valence-corrected chi connectivity index (χ1v) is 11.5. The smallest absolute Gasteiger partial charge is 0.243 e. The standard InChI is InChI=1S/C20H22N4O3S2/c1-14-6-8-16(9-7-14)29(25,26)24-10-11-27-18(13-24)17-4-3-5-19(22-17)23-20-21-12-15(2)28-20/h3-9,12,18H,10-11,13H2,1-2H3,(H,21,22,23). The van der Waals surface area contributed by atoms with Crippen LogP contribution in [-0.4, -0.2) is 42.4 Å². The van der Waals surface area contributed by atoms with Crippen molar-refractivity contribution in [2.24, 2.45) is 0 Å². The molecule has 1 saturated heterocycles. The van der Waals surface area contributed by atoms with E-state index in [0.717, 1.165) is 15.6 Å². The maximum absolute atomic E-state index is 13.0. The highest BCUT2D eigenvalue weighted by Gasteiger charge is 2.32. The Balaban J connectivity index is 1.52. The highest BCUT2D eigenvalue weighted by Crippen LogP contribution is 2.27. The van der Waals surface area contributed by atoms with Crippen molar-refractivity contribution in [2.75, 3.05) is 25.0 Å². The van der Waals surface area contributed by atoms with Gasteiger partial charge in [0.25, 0.3) is 0 Å². The second kappa shape index (κ2) is 8.19. The Morgan fingerprint density at radius 1 is 1.17 bits per heavy atom. The number of nitrogens with zero attached hydrogens (tertiary/aromatic N) is 3. The Morgan fingerprint density at radius 3 is 2.69 bits per heavy atom. The molecule has 3 aromatic rings. The number of nitrogens with one attached hydrogen (secondary N) is 1. The fourth-order valence-corrected chi connectivity index (χ4v) is 5.20. The van der Waals surface area contributed by atoms with Crippen LogP contribution in [0.3, 0.4) is 0 Å². The molecule has 1 fully saturated rings. The van der Waals surface area contributed by atoms with Gasteiger partial charge in [0.15, 0.2) is 5.13 Å². The number of aromatic nitrogens is 2. The van der Waals surface area contributed by atoms with Gasteiger partial charge in [0.1, 0.15) is 11.9 Å². The average Bonchev–Trinajstić information content (AvgIpc) is 3.13. The van der Waals surface area contributed by atoms with E-state index < -0.39 is 16.1 Å². The summed E-state index contributed by atoms with van der Waals surface area (Å²) in [5, 5.41) is 3.95. The van der Waals surface area contributed by atoms with Crippen molar-refractivity contribution in [3.63, 3.8) is 0 Å². The van der Waals surface area contributed by atoms with Gasteiger partial charge >= 0.3 is 0 Å². The normalized spacial score (nSPS) is 17.9. The Hall–Kier alpha value is -2.33. The predicted molar refractivity (Wildman–Crippen MR) is 113 cm³/mol. The maximum Gasteiger partial charge on any atom is 0.243 e. The van der Waals surface area contributed by atoms with Crippen molar-refractivity contribution in [2.45, 2.75) is 24.8 Å². The number of aryl methyl sites for hydroxylation is 2. The fraction of sp³-hybridized carbons (Fsp3) is 0.300. The minimum atomic E-state index is -3.57. The monoisotopic (exact) mass is 430 g/mol. The lowest BCUT2D eigenvalue weighted by Crippen LogP contribution is -2.42. The summed E-state index contributed by atoms with van der Waals surface area (Å²) in [4.78, 5) is 10.3. The number of anilines is 2. The lowest BCUT2D eigenvalue weighted by Gasteiger charge is -2.32. The molecule has 1 aliphatic heterocycles. The van der Waals surface area contributed by atoms with Crippen LogP contribution in [0.4, 0.5) is 10.9 Å². The minimum Gasteiger partial charge on any atom is -0.369 e. The van der Waals surface area contributed by atoms with E-state index in [-0.39, 0.29) is 6.54 Å². The molecule has 0 amide bonds. The number of pyridine rings is 1. The van der Waals surface area contributed by atoms with E-state index in [1.54, 1.807) is 29.7 Å². The molecule has 1 atom stereocenters. The molecule has 2 aromatic heterocycles. The van der Waals surface area contributed by atoms with Crippen molar-refractivity contribution in [1.82, 2.24) is 14.3 Å². The zero-order valence-corrected chi connectivity index (χ0v) is 17.8. The molecule has 1 aliphatic rings. The van der Waals surface area contributed by atoms with Gasteiger partial charge in [-0.2, -0.15) is 4.31 Å². The van der Waals surface area contributed by atoms with Gasteiger partial charge in [-0.05, 0) is 38.1 Å². The van der Waals surface area contributed by atoms with Gasteiger partial charge in [-0.3, -0.25) is 0 Å². The van der Waals surface area contributed by atoms with Crippen LogP contribution in [0.5, 0.6) is 0 Å². The number of sulfonamides is 1. The molecule has 3 heterocycles. The Bertz CT molecular complexity index is 1100. The largest absolute Gasteiger partial charge is 0.369 e. The van der Waals surface area contributed by atoms with Crippen LogP contribution in [-0.2, 0) is 14.8 Å². The lowest BCUT2D eigenvalue weighted by atomic mass is 10.2. The van der Waals surface area contributed by atoms with Gasteiger partial charge in [0.05, 0.1) is 17.2 Å². The molecule has 0 saturated carbocycles. The van der Waals surface area contributed by atoms with Crippen molar-refractivity contribution in [1.29, 1.82) is 0 Å². The summed E-state index contributed by atoms with van der Waals surface area (Å²) in [7, 11) is -3.57. The van der Waals surface area contributed by atoms with E-state index in [9.17, 15) is 8.42 Å². The second-order valence-corrected chi connectivity index (χ2v) is 10.1. The molecule has 1 aromatic carbocycles. The molecule has 29 heavy (non-hydrogen) atoms. The highest BCUT2D eigenvalue weighted by molar-refractivity contribution is 7.89. The maximum atomic E-state index is 13.0. The van der Waals surface area contributed by atoms with Crippen molar-refractivity contribution < 1.29 is 13.2 Å². The molecule has 7 nitrogen and oxygen atoms in total. The number of benzene rings is 1. The van der Waals surface area contributed by atoms with Crippen molar-refractivity contribution in [3.8, 4) is 0 Å². The third-order valence-corrected chi connectivity index (χ3v) is 7.35. The van der Waals surface area contributed by atoms with Gasteiger partial charge in [-0.1, -0.05) is 23.8 Å². The van der Waals surface area contributed by atoms with Crippen LogP contribution in [0.1, 0.15) is 22.2 Å². The van der Waals surface area contributed by atoms with Crippen LogP contribution in [0, 0.1) is 13.8 Å². The molecule has 1 N–H and O–H groups in total. The number of morpholine rings is 1. The van der Waals surface area contributed by atoms with Crippen LogP contribution in [0.15, 0.2) is 53.6 Å². The van der Waals surface area contributed by atoms with Gasteiger partial charge in [-0.15, -0.1) is 11.3 Å². The molecule has 0 radical (unpaired) electrons. The summed E-state index contributed by atoms with van der Waals surface area (Å²) in [6.45, 7) is 4.79. The summed E-state index contributed by atoms with van der Waals surface area (Å²) in [5.74, 6) is 0.652. The average molecular weight is 431 g/mol. The molecule has 0 bridgehead atoms. The van der Waals surface area contributed by atoms with Crippen LogP contribution in [0.25, 0.3) is 0 Å². The molecule has 0 spiro atoms. The molecule has 4 rings (SSSR count). The third-order valence-electron chi connectivity index (χ3n) is 4.64. The molecular weight excluding hydrogens is 408 g/mol. The minimum absolute atomic E-state index is 0.225. The van der Waals surface area contributed by atoms with Gasteiger partial charge in [-0.25, -0.2) is 18.4 Å². The van der Waals surface area contributed by atoms with E-state index in [1.165, 1.54) is 4.31 Å². The van der Waals surface area contributed by atoms with Crippen LogP contribution in [0.2, 0.25) is 0 Å². The number of thiazole rings is 1. The topological polar surface area (TPSA) is 84.4 Å². The number of ether oxygens (including phenoxy) is 1. The van der Waals surface area contributed by atoms with Gasteiger partial charge in [0, 0.05) is 24.2 Å². The molecular formula is C20H22N4O3S2. The number of hydrogen-bond donors (Lipinski definition) is 1. The summed E-state index contributed by atoms with van der Waals surface area (Å²) < 4.78 is 33.3. The van der Waals surface area contributed by atoms with Gasteiger partial charge in [0.2, 0.25) is 10.0 Å². The quantitative estimate of drug-likeness (QED) is 0.665. The molecule has 9 heteroatoms. The van der Waals surface area contributed by atoms with E-state index in [1.807, 2.05) is 44.2 Å². The highest BCUT2D eigenvalue weighted by atomic mass is 32.2. The number of rotatable bonds is 5. The van der Waals surface area contributed by atoms with E-state index in [4.69, 9.17) is 4.74 Å². The van der Waals surface area contributed by atoms with Crippen molar-refractivity contribution in [3.05, 3.63) is 64.8 Å². The SMILES string of the molecule is Cc1ccc(S(=O)(=O)N2CCOC(c3cccc(Nc4ncc(C)s4)n3)C2)cc1. The van der Waals surface area contributed by atoms with E-state index >= 15 is 0 Å². The Labute approximate surface area is 174 Å². The second-order valence-electron chi connectivity index (χ2n) is 6.88. The third kappa shape index (κ3) is 4.48. The fourth-order valence-electron chi connectivity index (χ4n) is 3.10. The van der Waals surface area contributed by atoms with E-state index in [0.29, 0.717) is 29.6 Å². The van der Waals surface area contributed by atoms with E-state index in [2.05, 4.69) is 15.3 Å². The summed E-state index contributed by atoms with van der Waals surface area (Å²) in [6, 6.07) is 12.5. The zero-order chi connectivity index (χ0) is 20.4. The Kier molecular flexibility index (Phi) is 5.64. The van der Waals surface area contributed by atoms with Crippen molar-refractivity contribution >= 4 is 32.3 Å². The van der Waals surface area contributed by atoms with Crippen LogP contribution < -0.4 is 5.32 Å². The predicted octanol–water partition coefficient (Wildman–Crippen LogP) is 3.66. The summed E-state index contributed by atoms with van der Waals surface area (Å²) in [5.41, 5.74) is 1.71. The first-order valence-electron chi connectivity index (χ1n) is 9.27. The Morgan fingerprint density at radius 2 is 1.97 bits per heavy atom. The first-order chi connectivity index (χ1) is 13.9. The summed E-state index contributed by atoms with van der Waals surface area (Å²) in [6.07, 6.45) is 1.37. The molecule has 1 unspecified atom stereocenters. The van der Waals surface area contributed by atoms with Gasteiger partial charge < -0.3 is 10.1 Å². The summed E-state index contributed by atoms with van der Waals surface area (Å²) >= 11 is 1.55. The molecule has 152 valence electrons. The lowest BCUT2D eigenvalue weighted by molar-refractivity contribution is -0.00486. The van der Waals surface area contributed by atoms with Crippen LogP contribution >= 0.6 is 11.3 Å².